The van der Waals surface area contributed by atoms with Crippen LogP contribution in [0.25, 0.3) is 0 Å². The largest absolute Gasteiger partial charge is 0.429 e. The van der Waals surface area contributed by atoms with Crippen LogP contribution >= 0.6 is 0 Å². The Hall–Kier alpha value is -0.940. The number of ether oxygens (including phenoxy) is 2. The minimum atomic E-state index is -0.872. The number of aldehydes is 1. The molecule has 1 heterocycles. The van der Waals surface area contributed by atoms with E-state index in [-0.39, 0.29) is 6.29 Å². The molecule has 0 spiro atoms. The summed E-state index contributed by atoms with van der Waals surface area (Å²) in [6, 6.07) is 0. The summed E-state index contributed by atoms with van der Waals surface area (Å²) >= 11 is 0. The minimum Gasteiger partial charge on any atom is -0.429 e. The van der Waals surface area contributed by atoms with Gasteiger partial charge in [0.05, 0.1) is 13.2 Å². The fraction of sp³-hybridized carbons (Fsp3) is 0.750. The summed E-state index contributed by atoms with van der Waals surface area (Å²) in [5, 5.41) is 0. The first-order chi connectivity index (χ1) is 6.26. The number of likely N-dealkylation sites (N-methyl/N-ethyl adjacent to an activating group) is 1. The Labute approximate surface area is 76.6 Å². The Morgan fingerprint density at radius 2 is 2.54 bits per heavy atom. The van der Waals surface area contributed by atoms with Gasteiger partial charge in [-0.3, -0.25) is 9.69 Å². The summed E-state index contributed by atoms with van der Waals surface area (Å²) in [5.41, 5.74) is 0. The second-order valence-electron chi connectivity index (χ2n) is 2.75. The molecule has 0 aromatic carbocycles. The number of carbonyl (C=O) groups is 2. The number of morpholine rings is 1. The van der Waals surface area contributed by atoms with Crippen LogP contribution < -0.4 is 0 Å². The van der Waals surface area contributed by atoms with Crippen molar-refractivity contribution in [3.8, 4) is 0 Å². The maximum absolute atomic E-state index is 10.6. The van der Waals surface area contributed by atoms with Gasteiger partial charge >= 0.3 is 5.97 Å². The van der Waals surface area contributed by atoms with Gasteiger partial charge in [0.15, 0.2) is 0 Å². The summed E-state index contributed by atoms with van der Waals surface area (Å²) < 4.78 is 9.84. The van der Waals surface area contributed by atoms with E-state index in [4.69, 9.17) is 9.47 Å². The van der Waals surface area contributed by atoms with Crippen molar-refractivity contribution in [1.29, 1.82) is 0 Å². The zero-order chi connectivity index (χ0) is 9.68. The third kappa shape index (κ3) is 3.12. The zero-order valence-electron chi connectivity index (χ0n) is 7.56. The molecule has 1 atom stereocenters. The molecular formula is C8H13NO4. The number of nitrogens with zero attached hydrogens (tertiary/aromatic N) is 1. The van der Waals surface area contributed by atoms with Crippen LogP contribution in [0.5, 0.6) is 0 Å². The van der Waals surface area contributed by atoms with E-state index in [1.54, 1.807) is 0 Å². The first-order valence-corrected chi connectivity index (χ1v) is 4.26. The third-order valence-corrected chi connectivity index (χ3v) is 1.91. The lowest BCUT2D eigenvalue weighted by molar-refractivity contribution is -0.192. The van der Waals surface area contributed by atoms with Crippen LogP contribution in [-0.4, -0.2) is 49.7 Å². The third-order valence-electron chi connectivity index (χ3n) is 1.91. The van der Waals surface area contributed by atoms with Crippen LogP contribution in [-0.2, 0) is 19.1 Å². The molecule has 0 bridgehead atoms. The summed E-state index contributed by atoms with van der Waals surface area (Å²) in [6.45, 7) is 4.81. The predicted molar refractivity (Wildman–Crippen MR) is 44.0 cm³/mol. The lowest BCUT2D eigenvalue weighted by Gasteiger charge is -2.30. The fourth-order valence-electron chi connectivity index (χ4n) is 1.18. The van der Waals surface area contributed by atoms with Gasteiger partial charge in [0.25, 0.3) is 0 Å². The summed E-state index contributed by atoms with van der Waals surface area (Å²) in [7, 11) is 0. The van der Waals surface area contributed by atoms with Gasteiger partial charge in [0.1, 0.15) is 0 Å². The van der Waals surface area contributed by atoms with Crippen molar-refractivity contribution in [3.05, 3.63) is 0 Å². The molecule has 1 rings (SSSR count). The average molecular weight is 187 g/mol. The molecule has 74 valence electrons. The highest BCUT2D eigenvalue weighted by Crippen LogP contribution is 2.05. The molecule has 0 aliphatic carbocycles. The molecule has 1 unspecified atom stereocenters. The Kier molecular flexibility index (Phi) is 3.85. The van der Waals surface area contributed by atoms with Crippen molar-refractivity contribution in [1.82, 2.24) is 4.90 Å². The van der Waals surface area contributed by atoms with Gasteiger partial charge in [-0.05, 0) is 6.54 Å². The molecule has 13 heavy (non-hydrogen) atoms. The van der Waals surface area contributed by atoms with E-state index in [9.17, 15) is 9.59 Å². The fourth-order valence-corrected chi connectivity index (χ4v) is 1.18. The molecule has 0 amide bonds. The molecule has 0 radical (unpaired) electrons. The molecular weight excluding hydrogens is 174 g/mol. The normalized spacial score (nSPS) is 23.9. The van der Waals surface area contributed by atoms with Gasteiger partial charge in [-0.1, -0.05) is 6.92 Å². The van der Waals surface area contributed by atoms with E-state index in [2.05, 4.69) is 4.90 Å². The number of rotatable bonds is 3. The van der Waals surface area contributed by atoms with E-state index in [1.807, 2.05) is 6.92 Å². The Balaban J connectivity index is 2.33. The van der Waals surface area contributed by atoms with E-state index in [1.165, 1.54) is 0 Å². The maximum Gasteiger partial charge on any atom is 0.373 e. The SMILES string of the molecule is CCN1CCOC(OC(=O)C=O)C1. The van der Waals surface area contributed by atoms with Gasteiger partial charge in [-0.25, -0.2) is 4.79 Å². The first kappa shape index (κ1) is 10.1. The van der Waals surface area contributed by atoms with Crippen LogP contribution in [0, 0.1) is 0 Å². The van der Waals surface area contributed by atoms with E-state index >= 15 is 0 Å². The van der Waals surface area contributed by atoms with Crippen molar-refractivity contribution >= 4 is 12.3 Å². The van der Waals surface area contributed by atoms with Crippen molar-refractivity contribution in [2.24, 2.45) is 0 Å². The zero-order valence-corrected chi connectivity index (χ0v) is 7.56. The van der Waals surface area contributed by atoms with Gasteiger partial charge in [-0.2, -0.15) is 0 Å². The Morgan fingerprint density at radius 3 is 3.15 bits per heavy atom. The van der Waals surface area contributed by atoms with Crippen LogP contribution in [0.4, 0.5) is 0 Å². The quantitative estimate of drug-likeness (QED) is 0.336. The van der Waals surface area contributed by atoms with Gasteiger partial charge in [0, 0.05) is 6.54 Å². The molecule has 1 fully saturated rings. The topological polar surface area (TPSA) is 55.8 Å². The molecule has 0 N–H and O–H groups in total. The van der Waals surface area contributed by atoms with Crippen molar-refractivity contribution in [2.45, 2.75) is 13.2 Å². The summed E-state index contributed by atoms with van der Waals surface area (Å²) in [5.74, 6) is -0.872. The first-order valence-electron chi connectivity index (χ1n) is 4.26. The van der Waals surface area contributed by atoms with E-state index < -0.39 is 12.3 Å². The summed E-state index contributed by atoms with van der Waals surface area (Å²) in [6.07, 6.45) is -0.444. The lowest BCUT2D eigenvalue weighted by atomic mass is 10.4. The van der Waals surface area contributed by atoms with E-state index in [0.717, 1.165) is 13.1 Å². The van der Waals surface area contributed by atoms with Gasteiger partial charge in [-0.15, -0.1) is 0 Å². The highest BCUT2D eigenvalue weighted by Gasteiger charge is 2.22. The molecule has 5 heteroatoms. The molecule has 1 saturated heterocycles. The molecule has 0 aromatic rings. The van der Waals surface area contributed by atoms with Crippen molar-refractivity contribution < 1.29 is 19.1 Å². The predicted octanol–water partition coefficient (Wildman–Crippen LogP) is -0.593. The van der Waals surface area contributed by atoms with Crippen LogP contribution in [0.2, 0.25) is 0 Å². The van der Waals surface area contributed by atoms with E-state index in [0.29, 0.717) is 13.2 Å². The monoisotopic (exact) mass is 187 g/mol. The Bertz CT molecular complexity index is 195. The van der Waals surface area contributed by atoms with Crippen molar-refractivity contribution in [3.63, 3.8) is 0 Å². The van der Waals surface area contributed by atoms with Crippen LogP contribution in [0.1, 0.15) is 6.92 Å². The number of hydrogen-bond donors (Lipinski definition) is 0. The lowest BCUT2D eigenvalue weighted by Crippen LogP contribution is -2.44. The van der Waals surface area contributed by atoms with Crippen molar-refractivity contribution in [2.75, 3.05) is 26.2 Å². The number of carbonyl (C=O) groups excluding carboxylic acids is 2. The molecule has 0 aromatic heterocycles. The van der Waals surface area contributed by atoms with Crippen LogP contribution in [0.15, 0.2) is 0 Å². The summed E-state index contributed by atoms with van der Waals surface area (Å²) in [4.78, 5) is 22.7. The highest BCUT2D eigenvalue weighted by molar-refractivity contribution is 6.20. The highest BCUT2D eigenvalue weighted by atomic mass is 16.7. The molecule has 0 saturated carbocycles. The standard InChI is InChI=1S/C8H13NO4/c1-2-9-3-4-12-8(5-9)13-7(11)6-10/h6,8H,2-5H2,1H3. The molecule has 5 nitrogen and oxygen atoms in total. The molecule has 1 aliphatic rings. The molecule has 1 aliphatic heterocycles. The van der Waals surface area contributed by atoms with Gasteiger partial charge in [0.2, 0.25) is 12.6 Å². The second kappa shape index (κ2) is 4.94. The Morgan fingerprint density at radius 1 is 1.77 bits per heavy atom. The average Bonchev–Trinajstić information content (AvgIpc) is 2.18. The number of esters is 1. The maximum atomic E-state index is 10.6. The smallest absolute Gasteiger partial charge is 0.373 e. The van der Waals surface area contributed by atoms with Gasteiger partial charge < -0.3 is 9.47 Å². The second-order valence-corrected chi connectivity index (χ2v) is 2.75. The van der Waals surface area contributed by atoms with Crippen LogP contribution in [0.3, 0.4) is 0 Å². The minimum absolute atomic E-state index is 0.147. The number of hydrogen-bond acceptors (Lipinski definition) is 5.